The van der Waals surface area contributed by atoms with Gasteiger partial charge in [-0.25, -0.2) is 0 Å². The third kappa shape index (κ3) is 4.70. The summed E-state index contributed by atoms with van der Waals surface area (Å²) in [5, 5.41) is 2.90. The smallest absolute Gasteiger partial charge is 0.228 e. The maximum Gasteiger partial charge on any atom is 0.228 e. The van der Waals surface area contributed by atoms with E-state index in [0.29, 0.717) is 19.6 Å². The first kappa shape index (κ1) is 18.1. The largest absolute Gasteiger partial charge is 0.381 e. The molecule has 1 N–H and O–H groups in total. The quantitative estimate of drug-likeness (QED) is 0.897. The second-order valence-corrected chi connectivity index (χ2v) is 6.49. The Bertz CT molecular complexity index is 738. The molecule has 1 aliphatic heterocycles. The highest BCUT2D eigenvalue weighted by molar-refractivity contribution is 5.94. The fourth-order valence-corrected chi connectivity index (χ4v) is 3.28. The summed E-state index contributed by atoms with van der Waals surface area (Å²) in [7, 11) is 0. The molecule has 1 saturated heterocycles. The molecule has 2 aromatic carbocycles. The number of ether oxygens (including phenoxy) is 1. The lowest BCUT2D eigenvalue weighted by Gasteiger charge is -2.33. The Morgan fingerprint density at radius 2 is 1.69 bits per heavy atom. The summed E-state index contributed by atoms with van der Waals surface area (Å²) < 4.78 is 5.39. The predicted molar refractivity (Wildman–Crippen MR) is 102 cm³/mol. The van der Waals surface area contributed by atoms with Crippen molar-refractivity contribution in [2.24, 2.45) is 0 Å². The van der Waals surface area contributed by atoms with E-state index < -0.39 is 0 Å². The van der Waals surface area contributed by atoms with E-state index in [1.807, 2.05) is 59.5 Å². The number of carbonyl (C=O) groups excluding carboxylic acids is 2. The summed E-state index contributed by atoms with van der Waals surface area (Å²) >= 11 is 0. The third-order valence-corrected chi connectivity index (χ3v) is 4.53. The Balaban J connectivity index is 1.65. The normalized spacial score (nSPS) is 14.7. The number of hydrogen-bond donors (Lipinski definition) is 1. The van der Waals surface area contributed by atoms with Crippen molar-refractivity contribution in [3.8, 4) is 0 Å². The van der Waals surface area contributed by atoms with Crippen molar-refractivity contribution in [2.75, 3.05) is 23.4 Å². The Morgan fingerprint density at radius 1 is 1.04 bits per heavy atom. The van der Waals surface area contributed by atoms with E-state index >= 15 is 0 Å². The minimum atomic E-state index is -0.0585. The average Bonchev–Trinajstić information content (AvgIpc) is 2.65. The maximum absolute atomic E-state index is 12.2. The van der Waals surface area contributed by atoms with Gasteiger partial charge in [0.2, 0.25) is 11.8 Å². The van der Waals surface area contributed by atoms with E-state index in [-0.39, 0.29) is 17.9 Å². The van der Waals surface area contributed by atoms with Gasteiger partial charge in [0.15, 0.2) is 0 Å². The maximum atomic E-state index is 12.2. The van der Waals surface area contributed by atoms with Crippen LogP contribution < -0.4 is 10.2 Å². The molecule has 0 bridgehead atoms. The molecule has 0 atom stereocenters. The van der Waals surface area contributed by atoms with Crippen molar-refractivity contribution in [3.63, 3.8) is 0 Å². The molecule has 2 aromatic rings. The van der Waals surface area contributed by atoms with Gasteiger partial charge in [0.25, 0.3) is 0 Å². The molecule has 3 rings (SSSR count). The Hall–Kier alpha value is -2.66. The molecule has 5 heteroatoms. The van der Waals surface area contributed by atoms with Crippen LogP contribution in [-0.2, 0) is 20.7 Å². The fourth-order valence-electron chi connectivity index (χ4n) is 3.28. The monoisotopic (exact) mass is 352 g/mol. The van der Waals surface area contributed by atoms with Crippen LogP contribution in [0.4, 0.5) is 11.4 Å². The average molecular weight is 352 g/mol. The number of carbonyl (C=O) groups is 2. The van der Waals surface area contributed by atoms with Crippen molar-refractivity contribution >= 4 is 23.2 Å². The zero-order chi connectivity index (χ0) is 18.4. The predicted octanol–water partition coefficient (Wildman–Crippen LogP) is 3.40. The van der Waals surface area contributed by atoms with Crippen LogP contribution in [0.2, 0.25) is 0 Å². The first-order valence-electron chi connectivity index (χ1n) is 8.95. The van der Waals surface area contributed by atoms with Crippen molar-refractivity contribution in [3.05, 3.63) is 60.2 Å². The molecule has 1 fully saturated rings. The molecule has 0 spiro atoms. The fraction of sp³-hybridized carbons (Fsp3) is 0.333. The molecule has 1 aliphatic rings. The van der Waals surface area contributed by atoms with Crippen molar-refractivity contribution in [1.29, 1.82) is 0 Å². The first-order chi connectivity index (χ1) is 12.6. The number of amides is 2. The molecule has 0 aliphatic carbocycles. The third-order valence-electron chi connectivity index (χ3n) is 4.53. The van der Waals surface area contributed by atoms with Crippen LogP contribution in [0.3, 0.4) is 0 Å². The topological polar surface area (TPSA) is 58.6 Å². The van der Waals surface area contributed by atoms with Crippen LogP contribution in [0.1, 0.15) is 25.3 Å². The highest BCUT2D eigenvalue weighted by Crippen LogP contribution is 2.25. The summed E-state index contributed by atoms with van der Waals surface area (Å²) in [6.45, 7) is 2.95. The molecule has 0 aromatic heterocycles. The molecule has 26 heavy (non-hydrogen) atoms. The van der Waals surface area contributed by atoms with Gasteiger partial charge in [-0.3, -0.25) is 9.59 Å². The number of benzene rings is 2. The van der Waals surface area contributed by atoms with Gasteiger partial charge >= 0.3 is 0 Å². The second kappa shape index (κ2) is 8.63. The number of nitrogens with zero attached hydrogens (tertiary/aromatic N) is 1. The zero-order valence-corrected chi connectivity index (χ0v) is 15.0. The van der Waals surface area contributed by atoms with Crippen LogP contribution in [0, 0.1) is 0 Å². The van der Waals surface area contributed by atoms with Gasteiger partial charge in [0.1, 0.15) is 0 Å². The number of hydrogen-bond acceptors (Lipinski definition) is 3. The molecular weight excluding hydrogens is 328 g/mol. The molecular formula is C21H24N2O3. The minimum absolute atomic E-state index is 0.0257. The van der Waals surface area contributed by atoms with Crippen molar-refractivity contribution < 1.29 is 14.3 Å². The van der Waals surface area contributed by atoms with E-state index in [2.05, 4.69) is 5.32 Å². The number of anilines is 2. The van der Waals surface area contributed by atoms with Crippen molar-refractivity contribution in [2.45, 2.75) is 32.2 Å². The lowest BCUT2D eigenvalue weighted by atomic mass is 10.1. The SMILES string of the molecule is CC(=O)N(c1ccc(NC(=O)Cc2ccccc2)cc1)C1CCOCC1. The number of rotatable bonds is 5. The molecule has 5 nitrogen and oxygen atoms in total. The standard InChI is InChI=1S/C21H24N2O3/c1-16(24)23(20-11-13-26-14-12-20)19-9-7-18(8-10-19)22-21(25)15-17-5-3-2-4-6-17/h2-10,20H,11-15H2,1H3,(H,22,25). The molecule has 136 valence electrons. The van der Waals surface area contributed by atoms with Gasteiger partial charge < -0.3 is 15.0 Å². The summed E-state index contributed by atoms with van der Waals surface area (Å²) in [5.74, 6) is -0.0328. The summed E-state index contributed by atoms with van der Waals surface area (Å²) in [6.07, 6.45) is 2.02. The zero-order valence-electron chi connectivity index (χ0n) is 15.0. The van der Waals surface area contributed by atoms with E-state index in [1.165, 1.54) is 0 Å². The molecule has 0 saturated carbocycles. The highest BCUT2D eigenvalue weighted by atomic mass is 16.5. The van der Waals surface area contributed by atoms with Crippen LogP contribution >= 0.6 is 0 Å². The summed E-state index contributed by atoms with van der Waals surface area (Å²) in [4.78, 5) is 26.1. The Morgan fingerprint density at radius 3 is 2.31 bits per heavy atom. The van der Waals surface area contributed by atoms with Gasteiger partial charge in [-0.15, -0.1) is 0 Å². The van der Waals surface area contributed by atoms with Gasteiger partial charge in [-0.05, 0) is 42.7 Å². The van der Waals surface area contributed by atoms with Crippen molar-refractivity contribution in [1.82, 2.24) is 0 Å². The van der Waals surface area contributed by atoms with E-state index in [4.69, 9.17) is 4.74 Å². The highest BCUT2D eigenvalue weighted by Gasteiger charge is 2.24. The molecule has 0 radical (unpaired) electrons. The van der Waals surface area contributed by atoms with Gasteiger partial charge in [-0.1, -0.05) is 30.3 Å². The van der Waals surface area contributed by atoms with Crippen LogP contribution in [0.15, 0.2) is 54.6 Å². The van der Waals surface area contributed by atoms with Gasteiger partial charge in [0.05, 0.1) is 6.42 Å². The summed E-state index contributed by atoms with van der Waals surface area (Å²) in [5.41, 5.74) is 2.56. The van der Waals surface area contributed by atoms with Gasteiger partial charge in [0, 0.05) is 37.6 Å². The van der Waals surface area contributed by atoms with Crippen LogP contribution in [-0.4, -0.2) is 31.1 Å². The lowest BCUT2D eigenvalue weighted by Crippen LogP contribution is -2.42. The van der Waals surface area contributed by atoms with Crippen LogP contribution in [0.5, 0.6) is 0 Å². The molecule has 0 unspecified atom stereocenters. The second-order valence-electron chi connectivity index (χ2n) is 6.49. The molecule has 2 amide bonds. The summed E-state index contributed by atoms with van der Waals surface area (Å²) in [6, 6.07) is 17.3. The van der Waals surface area contributed by atoms with E-state index in [1.54, 1.807) is 6.92 Å². The number of nitrogens with one attached hydrogen (secondary N) is 1. The van der Waals surface area contributed by atoms with E-state index in [9.17, 15) is 9.59 Å². The minimum Gasteiger partial charge on any atom is -0.381 e. The van der Waals surface area contributed by atoms with Crippen LogP contribution in [0.25, 0.3) is 0 Å². The van der Waals surface area contributed by atoms with Gasteiger partial charge in [-0.2, -0.15) is 0 Å². The molecule has 1 heterocycles. The first-order valence-corrected chi connectivity index (χ1v) is 8.95. The van der Waals surface area contributed by atoms with E-state index in [0.717, 1.165) is 29.8 Å². The lowest BCUT2D eigenvalue weighted by molar-refractivity contribution is -0.117. The Labute approximate surface area is 154 Å². The Kier molecular flexibility index (Phi) is 6.02.